The van der Waals surface area contributed by atoms with Gasteiger partial charge in [-0.15, -0.1) is 0 Å². The van der Waals surface area contributed by atoms with Gasteiger partial charge in [0.25, 0.3) is 0 Å². The van der Waals surface area contributed by atoms with Gasteiger partial charge in [0.05, 0.1) is 0 Å². The molecule has 3 N–H and O–H groups in total. The van der Waals surface area contributed by atoms with Crippen molar-refractivity contribution >= 4 is 29.5 Å². The maximum absolute atomic E-state index is 12.2. The standard InChI is InChI=1S/C12H20N2O4S/c1-7(2)9(13-8(3)15)10(16)14-12(11(17)18)4-5-19-6-12/h7,9H,4-6H2,1-3H3,(H,13,15)(H,14,16)(H,17,18). The third-order valence-corrected chi connectivity index (χ3v) is 4.29. The van der Waals surface area contributed by atoms with Gasteiger partial charge in [-0.05, 0) is 18.1 Å². The van der Waals surface area contributed by atoms with Crippen LogP contribution in [0.4, 0.5) is 0 Å². The summed E-state index contributed by atoms with van der Waals surface area (Å²) in [5.41, 5.74) is -1.20. The average molecular weight is 288 g/mol. The Balaban J connectivity index is 2.80. The van der Waals surface area contributed by atoms with E-state index in [9.17, 15) is 19.5 Å². The van der Waals surface area contributed by atoms with Crippen LogP contribution >= 0.6 is 11.8 Å². The molecule has 1 saturated heterocycles. The van der Waals surface area contributed by atoms with Crippen LogP contribution in [0.5, 0.6) is 0 Å². The zero-order chi connectivity index (χ0) is 14.6. The number of hydrogen-bond donors (Lipinski definition) is 3. The van der Waals surface area contributed by atoms with E-state index >= 15 is 0 Å². The Morgan fingerprint density at radius 1 is 1.32 bits per heavy atom. The molecule has 1 aliphatic heterocycles. The fraction of sp³-hybridized carbons (Fsp3) is 0.750. The maximum Gasteiger partial charge on any atom is 0.330 e. The maximum atomic E-state index is 12.2. The third kappa shape index (κ3) is 3.86. The first-order chi connectivity index (χ1) is 8.78. The van der Waals surface area contributed by atoms with Crippen LogP contribution in [0.2, 0.25) is 0 Å². The molecule has 1 rings (SSSR count). The van der Waals surface area contributed by atoms with Crippen molar-refractivity contribution in [2.45, 2.75) is 38.8 Å². The van der Waals surface area contributed by atoms with Crippen molar-refractivity contribution in [3.63, 3.8) is 0 Å². The fourth-order valence-electron chi connectivity index (χ4n) is 1.95. The van der Waals surface area contributed by atoms with Gasteiger partial charge in [0.2, 0.25) is 11.8 Å². The summed E-state index contributed by atoms with van der Waals surface area (Å²) < 4.78 is 0. The van der Waals surface area contributed by atoms with Gasteiger partial charge in [-0.2, -0.15) is 11.8 Å². The lowest BCUT2D eigenvalue weighted by Gasteiger charge is -2.29. The van der Waals surface area contributed by atoms with Crippen LogP contribution in [0.1, 0.15) is 27.2 Å². The minimum Gasteiger partial charge on any atom is -0.479 e. The zero-order valence-corrected chi connectivity index (χ0v) is 12.2. The highest BCUT2D eigenvalue weighted by molar-refractivity contribution is 7.99. The number of carbonyl (C=O) groups is 3. The number of carboxylic acid groups (broad SMARTS) is 1. The van der Waals surface area contributed by atoms with E-state index in [-0.39, 0.29) is 11.8 Å². The zero-order valence-electron chi connectivity index (χ0n) is 11.4. The molecule has 2 atom stereocenters. The first-order valence-corrected chi connectivity index (χ1v) is 7.34. The number of aliphatic carboxylic acids is 1. The van der Waals surface area contributed by atoms with E-state index in [2.05, 4.69) is 10.6 Å². The molecule has 1 aliphatic rings. The summed E-state index contributed by atoms with van der Waals surface area (Å²) in [6.45, 7) is 4.94. The van der Waals surface area contributed by atoms with E-state index in [0.29, 0.717) is 17.9 Å². The second kappa shape index (κ2) is 6.27. The van der Waals surface area contributed by atoms with Gasteiger partial charge in [-0.1, -0.05) is 13.8 Å². The molecule has 0 aromatic heterocycles. The summed E-state index contributed by atoms with van der Waals surface area (Å²) in [7, 11) is 0. The molecule has 7 heteroatoms. The van der Waals surface area contributed by atoms with Gasteiger partial charge in [0.1, 0.15) is 11.6 Å². The molecule has 19 heavy (non-hydrogen) atoms. The topological polar surface area (TPSA) is 95.5 Å². The highest BCUT2D eigenvalue weighted by Crippen LogP contribution is 2.28. The van der Waals surface area contributed by atoms with E-state index in [1.165, 1.54) is 18.7 Å². The summed E-state index contributed by atoms with van der Waals surface area (Å²) in [5.74, 6) is -0.799. The molecule has 0 saturated carbocycles. The predicted molar refractivity (Wildman–Crippen MR) is 72.9 cm³/mol. The van der Waals surface area contributed by atoms with Crippen LogP contribution in [0.3, 0.4) is 0 Å². The van der Waals surface area contributed by atoms with Crippen molar-refractivity contribution in [2.75, 3.05) is 11.5 Å². The van der Waals surface area contributed by atoms with Crippen LogP contribution in [-0.2, 0) is 14.4 Å². The number of thioether (sulfide) groups is 1. The number of nitrogens with one attached hydrogen (secondary N) is 2. The molecule has 0 aromatic carbocycles. The van der Waals surface area contributed by atoms with Gasteiger partial charge in [0, 0.05) is 12.7 Å². The molecule has 0 spiro atoms. The van der Waals surface area contributed by atoms with Crippen LogP contribution in [0.15, 0.2) is 0 Å². The summed E-state index contributed by atoms with van der Waals surface area (Å²) in [6, 6.07) is -0.709. The Hall–Kier alpha value is -1.24. The van der Waals surface area contributed by atoms with Crippen molar-refractivity contribution in [1.29, 1.82) is 0 Å². The second-order valence-corrected chi connectivity index (χ2v) is 6.21. The lowest BCUT2D eigenvalue weighted by molar-refractivity contribution is -0.147. The van der Waals surface area contributed by atoms with Crippen molar-refractivity contribution in [3.05, 3.63) is 0 Å². The Morgan fingerprint density at radius 3 is 2.32 bits per heavy atom. The lowest BCUT2D eigenvalue weighted by atomic mass is 9.96. The SMILES string of the molecule is CC(=O)NC(C(=O)NC1(C(=O)O)CCSC1)C(C)C. The molecule has 0 bridgehead atoms. The lowest BCUT2D eigenvalue weighted by Crippen LogP contribution is -2.60. The number of amides is 2. The molecule has 1 heterocycles. The van der Waals surface area contributed by atoms with E-state index < -0.39 is 23.5 Å². The monoisotopic (exact) mass is 288 g/mol. The normalized spacial score (nSPS) is 24.0. The fourth-order valence-corrected chi connectivity index (χ4v) is 3.28. The van der Waals surface area contributed by atoms with Crippen molar-refractivity contribution < 1.29 is 19.5 Å². The van der Waals surface area contributed by atoms with Gasteiger partial charge in [-0.25, -0.2) is 4.79 Å². The quantitative estimate of drug-likeness (QED) is 0.673. The van der Waals surface area contributed by atoms with E-state index in [0.717, 1.165) is 0 Å². The summed E-state index contributed by atoms with van der Waals surface area (Å²) in [6.07, 6.45) is 0.406. The Bertz CT molecular complexity index is 378. The van der Waals surface area contributed by atoms with E-state index in [1.54, 1.807) is 13.8 Å². The number of carboxylic acids is 1. The molecular weight excluding hydrogens is 268 g/mol. The summed E-state index contributed by atoms with van der Waals surface area (Å²) >= 11 is 1.50. The smallest absolute Gasteiger partial charge is 0.330 e. The highest BCUT2D eigenvalue weighted by atomic mass is 32.2. The Kier molecular flexibility index (Phi) is 5.22. The van der Waals surface area contributed by atoms with Crippen LogP contribution < -0.4 is 10.6 Å². The molecule has 6 nitrogen and oxygen atoms in total. The van der Waals surface area contributed by atoms with Gasteiger partial charge < -0.3 is 15.7 Å². The van der Waals surface area contributed by atoms with Crippen LogP contribution in [-0.4, -0.2) is 46.0 Å². The first-order valence-electron chi connectivity index (χ1n) is 6.19. The highest BCUT2D eigenvalue weighted by Gasteiger charge is 2.44. The number of carbonyl (C=O) groups excluding carboxylic acids is 2. The molecule has 0 aromatic rings. The van der Waals surface area contributed by atoms with Crippen LogP contribution in [0, 0.1) is 5.92 Å². The molecule has 0 aliphatic carbocycles. The predicted octanol–water partition coefficient (Wildman–Crippen LogP) is 0.224. The van der Waals surface area contributed by atoms with Crippen molar-refractivity contribution in [2.24, 2.45) is 5.92 Å². The van der Waals surface area contributed by atoms with Crippen molar-refractivity contribution in [1.82, 2.24) is 10.6 Å². The molecule has 0 radical (unpaired) electrons. The summed E-state index contributed by atoms with van der Waals surface area (Å²) in [4.78, 5) is 34.6. The average Bonchev–Trinajstić information content (AvgIpc) is 2.74. The number of hydrogen-bond acceptors (Lipinski definition) is 4. The van der Waals surface area contributed by atoms with E-state index in [4.69, 9.17) is 0 Å². The Morgan fingerprint density at radius 2 is 1.95 bits per heavy atom. The number of rotatable bonds is 5. The largest absolute Gasteiger partial charge is 0.479 e. The third-order valence-electron chi connectivity index (χ3n) is 3.10. The molecule has 108 valence electrons. The van der Waals surface area contributed by atoms with Crippen molar-refractivity contribution in [3.8, 4) is 0 Å². The van der Waals surface area contributed by atoms with Gasteiger partial charge in [-0.3, -0.25) is 9.59 Å². The van der Waals surface area contributed by atoms with Gasteiger partial charge >= 0.3 is 5.97 Å². The molecule has 1 fully saturated rings. The summed E-state index contributed by atoms with van der Waals surface area (Å²) in [5, 5.41) is 14.5. The van der Waals surface area contributed by atoms with Crippen LogP contribution in [0.25, 0.3) is 0 Å². The van der Waals surface area contributed by atoms with Gasteiger partial charge in [0.15, 0.2) is 0 Å². The molecule has 2 unspecified atom stereocenters. The minimum atomic E-state index is -1.20. The second-order valence-electron chi connectivity index (χ2n) is 5.10. The first kappa shape index (κ1) is 15.8. The van der Waals surface area contributed by atoms with E-state index in [1.807, 2.05) is 0 Å². The molecular formula is C12H20N2O4S. The minimum absolute atomic E-state index is 0.108. The molecule has 2 amide bonds. The Labute approximate surface area is 116 Å².